The van der Waals surface area contributed by atoms with Crippen LogP contribution in [0.25, 0.3) is 0 Å². The molecule has 3 nitrogen and oxygen atoms in total. The zero-order chi connectivity index (χ0) is 14.8. The molecule has 0 fully saturated rings. The van der Waals surface area contributed by atoms with Gasteiger partial charge in [0.2, 0.25) is 5.89 Å². The normalized spacial score (nSPS) is 11.3. The number of rotatable bonds is 3. The summed E-state index contributed by atoms with van der Waals surface area (Å²) in [4.78, 5) is 4.38. The van der Waals surface area contributed by atoms with Crippen molar-refractivity contribution in [3.05, 3.63) is 47.2 Å². The second kappa shape index (κ2) is 5.59. The maximum absolute atomic E-state index is 12.8. The van der Waals surface area contributed by atoms with Crippen molar-refractivity contribution in [2.75, 3.05) is 0 Å². The Morgan fingerprint density at radius 2 is 2.15 bits per heavy atom. The number of nitriles is 1. The lowest BCUT2D eigenvalue weighted by Crippen LogP contribution is -2.07. The first kappa shape index (κ1) is 14.5. The van der Waals surface area contributed by atoms with Crippen molar-refractivity contribution in [3.8, 4) is 6.07 Å². The highest BCUT2D eigenvalue weighted by atomic mass is 32.2. The average Bonchev–Trinajstić information content (AvgIpc) is 2.81. The van der Waals surface area contributed by atoms with Crippen LogP contribution in [0.1, 0.15) is 22.8 Å². The van der Waals surface area contributed by atoms with E-state index in [9.17, 15) is 13.2 Å². The Kier molecular flexibility index (Phi) is 4.04. The van der Waals surface area contributed by atoms with E-state index in [0.717, 1.165) is 6.07 Å². The summed E-state index contributed by atoms with van der Waals surface area (Å²) in [5.41, 5.74) is -1.30. The molecule has 0 aliphatic heterocycles. The summed E-state index contributed by atoms with van der Waals surface area (Å²) >= 11 is 1.17. The Hall–Kier alpha value is -1.94. The minimum atomic E-state index is -4.54. The highest BCUT2D eigenvalue weighted by Gasteiger charge is 2.33. The van der Waals surface area contributed by atoms with Crippen LogP contribution in [0.5, 0.6) is 0 Å². The van der Waals surface area contributed by atoms with E-state index in [4.69, 9.17) is 9.68 Å². The second-order valence-corrected chi connectivity index (χ2v) is 5.02. The average molecular weight is 298 g/mol. The van der Waals surface area contributed by atoms with Gasteiger partial charge in [-0.25, -0.2) is 4.98 Å². The molecular formula is C13H9F3N2OS. The SMILES string of the molecule is Cc1cnc(CSc2ccc(C#N)c(C(F)(F)F)c2)o1. The van der Waals surface area contributed by atoms with Crippen LogP contribution in [-0.4, -0.2) is 4.98 Å². The van der Waals surface area contributed by atoms with Gasteiger partial charge in [0.25, 0.3) is 0 Å². The van der Waals surface area contributed by atoms with E-state index in [0.29, 0.717) is 22.3 Å². The smallest absolute Gasteiger partial charge is 0.417 e. The summed E-state index contributed by atoms with van der Waals surface area (Å²) in [7, 11) is 0. The molecule has 0 bridgehead atoms. The first-order valence-corrected chi connectivity index (χ1v) is 6.54. The van der Waals surface area contributed by atoms with Gasteiger partial charge in [-0.3, -0.25) is 0 Å². The van der Waals surface area contributed by atoms with Crippen molar-refractivity contribution >= 4 is 11.8 Å². The molecule has 2 aromatic rings. The van der Waals surface area contributed by atoms with Gasteiger partial charge in [0.15, 0.2) is 0 Å². The minimum absolute atomic E-state index is 0.330. The number of benzene rings is 1. The van der Waals surface area contributed by atoms with Crippen LogP contribution in [0.3, 0.4) is 0 Å². The minimum Gasteiger partial charge on any atom is -0.445 e. The van der Waals surface area contributed by atoms with Gasteiger partial charge in [-0.1, -0.05) is 0 Å². The zero-order valence-corrected chi connectivity index (χ0v) is 11.2. The molecule has 0 saturated carbocycles. The summed E-state index contributed by atoms with van der Waals surface area (Å²) in [5.74, 6) is 1.43. The molecular weight excluding hydrogens is 289 g/mol. The summed E-state index contributed by atoms with van der Waals surface area (Å²) in [5, 5.41) is 8.70. The predicted molar refractivity (Wildman–Crippen MR) is 67.0 cm³/mol. The number of alkyl halides is 3. The van der Waals surface area contributed by atoms with E-state index in [1.54, 1.807) is 19.2 Å². The van der Waals surface area contributed by atoms with Gasteiger partial charge in [-0.15, -0.1) is 11.8 Å². The van der Waals surface area contributed by atoms with Crippen molar-refractivity contribution in [2.45, 2.75) is 23.7 Å². The quantitative estimate of drug-likeness (QED) is 0.798. The predicted octanol–water partition coefficient (Wildman–Crippen LogP) is 4.17. The van der Waals surface area contributed by atoms with E-state index >= 15 is 0 Å². The number of hydrogen-bond acceptors (Lipinski definition) is 4. The van der Waals surface area contributed by atoms with Crippen LogP contribution in [0, 0.1) is 18.3 Å². The Balaban J connectivity index is 2.19. The largest absolute Gasteiger partial charge is 0.445 e. The number of hydrogen-bond donors (Lipinski definition) is 0. The first-order chi connectivity index (χ1) is 9.40. The van der Waals surface area contributed by atoms with Gasteiger partial charge in [0, 0.05) is 4.90 Å². The molecule has 0 radical (unpaired) electrons. The van der Waals surface area contributed by atoms with E-state index in [2.05, 4.69) is 4.98 Å². The van der Waals surface area contributed by atoms with E-state index in [1.807, 2.05) is 0 Å². The van der Waals surface area contributed by atoms with Crippen molar-refractivity contribution in [3.63, 3.8) is 0 Å². The third-order valence-corrected chi connectivity index (χ3v) is 3.43. The molecule has 1 heterocycles. The molecule has 20 heavy (non-hydrogen) atoms. The third kappa shape index (κ3) is 3.33. The Morgan fingerprint density at radius 3 is 2.70 bits per heavy atom. The van der Waals surface area contributed by atoms with E-state index in [-0.39, 0.29) is 5.56 Å². The molecule has 104 valence electrons. The van der Waals surface area contributed by atoms with Crippen molar-refractivity contribution in [1.29, 1.82) is 5.26 Å². The van der Waals surface area contributed by atoms with E-state index < -0.39 is 11.7 Å². The van der Waals surface area contributed by atoms with Gasteiger partial charge in [0.05, 0.1) is 29.1 Å². The van der Waals surface area contributed by atoms with Crippen LogP contribution in [-0.2, 0) is 11.9 Å². The van der Waals surface area contributed by atoms with Gasteiger partial charge in [-0.05, 0) is 25.1 Å². The van der Waals surface area contributed by atoms with Gasteiger partial charge < -0.3 is 4.42 Å². The summed E-state index contributed by atoms with van der Waals surface area (Å²) in [6.07, 6.45) is -2.99. The van der Waals surface area contributed by atoms with Gasteiger partial charge >= 0.3 is 6.18 Å². The van der Waals surface area contributed by atoms with Crippen LogP contribution in [0.2, 0.25) is 0 Å². The fraction of sp³-hybridized carbons (Fsp3) is 0.231. The summed E-state index contributed by atoms with van der Waals surface area (Å²) < 4.78 is 43.6. The van der Waals surface area contributed by atoms with E-state index in [1.165, 1.54) is 23.9 Å². The molecule has 0 saturated heterocycles. The van der Waals surface area contributed by atoms with Crippen molar-refractivity contribution < 1.29 is 17.6 Å². The fourth-order valence-electron chi connectivity index (χ4n) is 1.56. The van der Waals surface area contributed by atoms with Crippen molar-refractivity contribution in [2.24, 2.45) is 0 Å². The number of thioether (sulfide) groups is 1. The molecule has 0 aliphatic carbocycles. The molecule has 0 atom stereocenters. The van der Waals surface area contributed by atoms with Crippen LogP contribution in [0.4, 0.5) is 13.2 Å². The monoisotopic (exact) mass is 298 g/mol. The molecule has 2 rings (SSSR count). The van der Waals surface area contributed by atoms with Gasteiger partial charge in [-0.2, -0.15) is 18.4 Å². The molecule has 7 heteroatoms. The number of aromatic nitrogens is 1. The second-order valence-electron chi connectivity index (χ2n) is 3.97. The first-order valence-electron chi connectivity index (χ1n) is 5.55. The molecule has 1 aromatic heterocycles. The van der Waals surface area contributed by atoms with Crippen LogP contribution >= 0.6 is 11.8 Å². The third-order valence-electron chi connectivity index (χ3n) is 2.45. The molecule has 0 amide bonds. The summed E-state index contributed by atoms with van der Waals surface area (Å²) in [6, 6.07) is 5.17. The Labute approximate surface area is 117 Å². The maximum atomic E-state index is 12.8. The fourth-order valence-corrected chi connectivity index (χ4v) is 2.35. The Morgan fingerprint density at radius 1 is 1.40 bits per heavy atom. The standard InChI is InChI=1S/C13H9F3N2OS/c1-8-6-18-12(19-8)7-20-10-3-2-9(5-17)11(4-10)13(14,15)16/h2-4,6H,7H2,1H3. The van der Waals surface area contributed by atoms with Crippen molar-refractivity contribution in [1.82, 2.24) is 4.98 Å². The molecule has 1 aromatic carbocycles. The molecule has 0 spiro atoms. The number of halogens is 3. The zero-order valence-electron chi connectivity index (χ0n) is 10.4. The maximum Gasteiger partial charge on any atom is 0.417 e. The lowest BCUT2D eigenvalue weighted by Gasteiger charge is -2.10. The number of nitrogens with zero attached hydrogens (tertiary/aromatic N) is 2. The number of oxazole rings is 1. The lowest BCUT2D eigenvalue weighted by atomic mass is 10.1. The molecule has 0 N–H and O–H groups in total. The highest BCUT2D eigenvalue weighted by Crippen LogP contribution is 2.35. The Bertz CT molecular complexity index is 658. The number of aryl methyl sites for hydroxylation is 1. The van der Waals surface area contributed by atoms with Crippen LogP contribution in [0.15, 0.2) is 33.7 Å². The molecule has 0 aliphatic rings. The van der Waals surface area contributed by atoms with Crippen LogP contribution < -0.4 is 0 Å². The topological polar surface area (TPSA) is 49.8 Å². The lowest BCUT2D eigenvalue weighted by molar-refractivity contribution is -0.137. The summed E-state index contributed by atoms with van der Waals surface area (Å²) in [6.45, 7) is 1.74. The molecule has 0 unspecified atom stereocenters. The highest BCUT2D eigenvalue weighted by molar-refractivity contribution is 7.98. The van der Waals surface area contributed by atoms with Gasteiger partial charge in [0.1, 0.15) is 5.76 Å².